The third-order valence-electron chi connectivity index (χ3n) is 3.75. The molecular weight excluding hydrogens is 408 g/mol. The summed E-state index contributed by atoms with van der Waals surface area (Å²) in [5.74, 6) is 1.28. The average molecular weight is 425 g/mol. The predicted molar refractivity (Wildman–Crippen MR) is 107 cm³/mol. The first-order chi connectivity index (χ1) is 13.1. The summed E-state index contributed by atoms with van der Waals surface area (Å²) in [6.07, 6.45) is 0.809. The monoisotopic (exact) mass is 424 g/mol. The predicted octanol–water partition coefficient (Wildman–Crippen LogP) is 4.90. The van der Waals surface area contributed by atoms with Crippen LogP contribution in [0.5, 0.6) is 0 Å². The summed E-state index contributed by atoms with van der Waals surface area (Å²) < 4.78 is 7.17. The van der Waals surface area contributed by atoms with Crippen LogP contribution in [0.25, 0.3) is 11.4 Å². The molecule has 0 radical (unpaired) electrons. The number of rotatable bonds is 9. The highest BCUT2D eigenvalue weighted by atomic mass is 35.5. The molecule has 10 heteroatoms. The number of ether oxygens (including phenoxy) is 1. The number of thiophene rings is 1. The molecule has 2 heterocycles. The van der Waals surface area contributed by atoms with Crippen molar-refractivity contribution in [3.05, 3.63) is 56.4 Å². The van der Waals surface area contributed by atoms with Crippen molar-refractivity contribution >= 4 is 39.7 Å². The molecule has 0 aliphatic rings. The average Bonchev–Trinajstić information content (AvgIpc) is 3.28. The van der Waals surface area contributed by atoms with Crippen LogP contribution in [-0.4, -0.2) is 33.4 Å². The van der Waals surface area contributed by atoms with Gasteiger partial charge >= 0.3 is 5.00 Å². The van der Waals surface area contributed by atoms with Crippen LogP contribution in [0.2, 0.25) is 5.02 Å². The van der Waals surface area contributed by atoms with Crippen LogP contribution in [0.4, 0.5) is 5.00 Å². The van der Waals surface area contributed by atoms with Crippen LogP contribution >= 0.6 is 34.7 Å². The van der Waals surface area contributed by atoms with Crippen LogP contribution in [0.15, 0.2) is 40.9 Å². The fourth-order valence-electron chi connectivity index (χ4n) is 2.49. The molecule has 3 aromatic rings. The van der Waals surface area contributed by atoms with E-state index in [2.05, 4.69) is 10.2 Å². The third kappa shape index (κ3) is 4.86. The van der Waals surface area contributed by atoms with E-state index in [1.54, 1.807) is 18.6 Å². The lowest BCUT2D eigenvalue weighted by Gasteiger charge is -2.10. The summed E-state index contributed by atoms with van der Waals surface area (Å²) in [6, 6.07) is 9.11. The number of thioether (sulfide) groups is 1. The number of methoxy groups -OCH3 is 1. The smallest absolute Gasteiger partial charge is 0.324 e. The summed E-state index contributed by atoms with van der Waals surface area (Å²) in [5.41, 5.74) is 1.71. The largest absolute Gasteiger partial charge is 0.385 e. The van der Waals surface area contributed by atoms with E-state index >= 15 is 0 Å². The van der Waals surface area contributed by atoms with Crippen LogP contribution in [-0.2, 0) is 17.0 Å². The van der Waals surface area contributed by atoms with Gasteiger partial charge < -0.3 is 9.30 Å². The van der Waals surface area contributed by atoms with Gasteiger partial charge in [0.1, 0.15) is 0 Å². The molecule has 1 aromatic carbocycles. The van der Waals surface area contributed by atoms with Gasteiger partial charge in [0.05, 0.1) is 9.95 Å². The summed E-state index contributed by atoms with van der Waals surface area (Å²) in [4.78, 5) is 10.5. The summed E-state index contributed by atoms with van der Waals surface area (Å²) in [5, 5.41) is 22.8. The molecule has 0 spiro atoms. The molecule has 2 aromatic heterocycles. The van der Waals surface area contributed by atoms with E-state index in [4.69, 9.17) is 16.3 Å². The van der Waals surface area contributed by atoms with Gasteiger partial charge in [-0.1, -0.05) is 46.8 Å². The minimum absolute atomic E-state index is 0.143. The maximum absolute atomic E-state index is 10.8. The van der Waals surface area contributed by atoms with Crippen LogP contribution in [0, 0.1) is 10.1 Å². The Morgan fingerprint density at radius 1 is 1.37 bits per heavy atom. The molecule has 0 atom stereocenters. The van der Waals surface area contributed by atoms with Crippen LogP contribution in [0.3, 0.4) is 0 Å². The highest BCUT2D eigenvalue weighted by molar-refractivity contribution is 7.98. The number of halogens is 1. The number of hydrogen-bond acceptors (Lipinski definition) is 7. The highest BCUT2D eigenvalue weighted by Gasteiger charge is 2.17. The fourth-order valence-corrected chi connectivity index (χ4v) is 4.44. The number of hydrogen-bond donors (Lipinski definition) is 0. The zero-order valence-corrected chi connectivity index (χ0v) is 16.9. The molecule has 0 amide bonds. The first-order valence-corrected chi connectivity index (χ1v) is 10.4. The van der Waals surface area contributed by atoms with Gasteiger partial charge in [0.15, 0.2) is 11.0 Å². The summed E-state index contributed by atoms with van der Waals surface area (Å²) in [6.45, 7) is 1.31. The van der Waals surface area contributed by atoms with Gasteiger partial charge in [-0.15, -0.1) is 10.2 Å². The Hall–Kier alpha value is -1.94. The third-order valence-corrected chi connectivity index (χ3v) is 6.05. The number of benzene rings is 1. The molecule has 3 rings (SSSR count). The maximum atomic E-state index is 10.8. The van der Waals surface area contributed by atoms with Crippen molar-refractivity contribution in [3.63, 3.8) is 0 Å². The second-order valence-electron chi connectivity index (χ2n) is 5.62. The molecule has 142 valence electrons. The topological polar surface area (TPSA) is 83.1 Å². The van der Waals surface area contributed by atoms with Crippen molar-refractivity contribution < 1.29 is 9.66 Å². The van der Waals surface area contributed by atoms with Crippen molar-refractivity contribution in [2.75, 3.05) is 13.7 Å². The Balaban J connectivity index is 1.83. The van der Waals surface area contributed by atoms with Gasteiger partial charge in [0.25, 0.3) is 0 Å². The number of aromatic nitrogens is 3. The lowest BCUT2D eigenvalue weighted by molar-refractivity contribution is -0.380. The van der Waals surface area contributed by atoms with Crippen molar-refractivity contribution in [1.82, 2.24) is 14.8 Å². The highest BCUT2D eigenvalue weighted by Crippen LogP contribution is 2.32. The minimum Gasteiger partial charge on any atom is -0.385 e. The Morgan fingerprint density at radius 3 is 2.89 bits per heavy atom. The second-order valence-corrected chi connectivity index (χ2v) is 7.86. The standard InChI is InChI=1S/C17H17ClN4O3S2/c1-25-8-4-7-21-16(13-5-2-3-6-14(13)18)19-20-17(21)27-11-12-9-15(22(23)24)26-10-12/h2-3,5-6,9-10H,4,7-8,11H2,1H3. The van der Waals surface area contributed by atoms with E-state index in [1.807, 2.05) is 28.8 Å². The quantitative estimate of drug-likeness (QED) is 0.210. The molecule has 7 nitrogen and oxygen atoms in total. The lowest BCUT2D eigenvalue weighted by atomic mass is 10.2. The van der Waals surface area contributed by atoms with Crippen molar-refractivity contribution in [3.8, 4) is 11.4 Å². The van der Waals surface area contributed by atoms with Gasteiger partial charge in [0, 0.05) is 43.0 Å². The lowest BCUT2D eigenvalue weighted by Crippen LogP contribution is -2.05. The zero-order chi connectivity index (χ0) is 19.2. The van der Waals surface area contributed by atoms with Crippen molar-refractivity contribution in [1.29, 1.82) is 0 Å². The van der Waals surface area contributed by atoms with E-state index in [9.17, 15) is 10.1 Å². The molecule has 0 unspecified atom stereocenters. The molecule has 0 aliphatic carbocycles. The van der Waals surface area contributed by atoms with Gasteiger partial charge in [-0.3, -0.25) is 10.1 Å². The Labute approximate surface area is 169 Å². The second kappa shape index (κ2) is 9.32. The number of nitrogens with zero attached hydrogens (tertiary/aromatic N) is 4. The first-order valence-electron chi connectivity index (χ1n) is 8.11. The van der Waals surface area contributed by atoms with Crippen LogP contribution < -0.4 is 0 Å². The van der Waals surface area contributed by atoms with E-state index in [1.165, 1.54) is 11.8 Å². The van der Waals surface area contributed by atoms with Gasteiger partial charge in [-0.25, -0.2) is 0 Å². The first kappa shape index (κ1) is 19.8. The van der Waals surface area contributed by atoms with Crippen molar-refractivity contribution in [2.24, 2.45) is 0 Å². The zero-order valence-electron chi connectivity index (χ0n) is 14.5. The molecule has 0 fully saturated rings. The maximum Gasteiger partial charge on any atom is 0.324 e. The molecular formula is C17H17ClN4O3S2. The molecule has 0 saturated carbocycles. The number of nitro groups is 1. The van der Waals surface area contributed by atoms with Crippen molar-refractivity contribution in [2.45, 2.75) is 23.9 Å². The fraction of sp³-hybridized carbons (Fsp3) is 0.294. The Bertz CT molecular complexity index is 929. The van der Waals surface area contributed by atoms with Crippen LogP contribution in [0.1, 0.15) is 12.0 Å². The van der Waals surface area contributed by atoms with Gasteiger partial charge in [-0.05, 0) is 24.1 Å². The minimum atomic E-state index is -0.373. The normalized spacial score (nSPS) is 11.0. The summed E-state index contributed by atoms with van der Waals surface area (Å²) >= 11 is 8.95. The molecule has 27 heavy (non-hydrogen) atoms. The SMILES string of the molecule is COCCCn1c(SCc2csc([N+](=O)[O-])c2)nnc1-c1ccccc1Cl. The van der Waals surface area contributed by atoms with E-state index in [0.29, 0.717) is 29.8 Å². The molecule has 0 aliphatic heterocycles. The van der Waals surface area contributed by atoms with E-state index in [0.717, 1.165) is 34.0 Å². The van der Waals surface area contributed by atoms with Gasteiger partial charge in [-0.2, -0.15) is 0 Å². The Kier molecular flexibility index (Phi) is 6.84. The molecule has 0 bridgehead atoms. The van der Waals surface area contributed by atoms with E-state index < -0.39 is 0 Å². The van der Waals surface area contributed by atoms with Gasteiger partial charge in [0.2, 0.25) is 0 Å². The molecule has 0 N–H and O–H groups in total. The summed E-state index contributed by atoms with van der Waals surface area (Å²) in [7, 11) is 1.67. The molecule has 0 saturated heterocycles. The Morgan fingerprint density at radius 2 is 2.19 bits per heavy atom. The van der Waals surface area contributed by atoms with E-state index in [-0.39, 0.29) is 9.92 Å².